The molecule has 2 heterocycles. The van der Waals surface area contributed by atoms with E-state index >= 15 is 0 Å². The SMILES string of the molecule is COc1ccc(Cn2c(-c3cccc(C)c3)nc3nc(C#N)nc(N[C@H](C)C4CCC4)c32)cc1. The first-order chi connectivity index (χ1) is 16.6. The van der Waals surface area contributed by atoms with Crippen molar-refractivity contribution in [1.82, 2.24) is 19.5 Å². The van der Waals surface area contributed by atoms with Gasteiger partial charge in [0.2, 0.25) is 5.82 Å². The Labute approximate surface area is 199 Å². The highest BCUT2D eigenvalue weighted by atomic mass is 16.5. The second kappa shape index (κ2) is 9.14. The topological polar surface area (TPSA) is 88.7 Å². The zero-order valence-electron chi connectivity index (χ0n) is 19.7. The van der Waals surface area contributed by atoms with Gasteiger partial charge in [-0.1, -0.05) is 42.3 Å². The lowest BCUT2D eigenvalue weighted by molar-refractivity contribution is 0.285. The molecule has 1 fully saturated rings. The molecule has 0 radical (unpaired) electrons. The lowest BCUT2D eigenvalue weighted by atomic mass is 9.80. The van der Waals surface area contributed by atoms with E-state index in [1.165, 1.54) is 19.3 Å². The van der Waals surface area contributed by atoms with Crippen LogP contribution in [0.4, 0.5) is 5.82 Å². The van der Waals surface area contributed by atoms with Gasteiger partial charge in [-0.2, -0.15) is 15.2 Å². The molecule has 1 N–H and O–H groups in total. The van der Waals surface area contributed by atoms with Crippen molar-refractivity contribution in [3.8, 4) is 23.2 Å². The standard InChI is InChI=1S/C27H28N6O/c1-17-6-4-9-21(14-17)27-32-26-24(33(27)16-19-10-12-22(34-3)13-11-19)25(30-23(15-28)31-26)29-18(2)20-7-5-8-20/h4,6,9-14,18,20H,5,7-8,16H2,1-3H3,(H,29,30,31)/t18-/m1/s1. The fourth-order valence-corrected chi connectivity index (χ4v) is 4.53. The van der Waals surface area contributed by atoms with Crippen LogP contribution < -0.4 is 10.1 Å². The zero-order valence-corrected chi connectivity index (χ0v) is 19.7. The minimum atomic E-state index is 0.126. The molecular weight excluding hydrogens is 424 g/mol. The number of nitrogens with one attached hydrogen (secondary N) is 1. The summed E-state index contributed by atoms with van der Waals surface area (Å²) < 4.78 is 7.48. The number of fused-ring (bicyclic) bond motifs is 1. The van der Waals surface area contributed by atoms with Crippen molar-refractivity contribution < 1.29 is 4.74 Å². The molecule has 0 spiro atoms. The largest absolute Gasteiger partial charge is 0.497 e. The Morgan fingerprint density at radius 2 is 1.94 bits per heavy atom. The fourth-order valence-electron chi connectivity index (χ4n) is 4.53. The fraction of sp³-hybridized carbons (Fsp3) is 0.333. The molecule has 5 rings (SSSR count). The van der Waals surface area contributed by atoms with E-state index in [4.69, 9.17) is 9.72 Å². The summed E-state index contributed by atoms with van der Waals surface area (Å²) in [5, 5.41) is 13.2. The van der Waals surface area contributed by atoms with Gasteiger partial charge < -0.3 is 14.6 Å². The van der Waals surface area contributed by atoms with Crippen molar-refractivity contribution in [1.29, 1.82) is 5.26 Å². The van der Waals surface area contributed by atoms with Gasteiger partial charge in [0.15, 0.2) is 11.5 Å². The number of rotatable bonds is 7. The Bertz CT molecular complexity index is 1360. The predicted molar refractivity (Wildman–Crippen MR) is 133 cm³/mol. The van der Waals surface area contributed by atoms with Crippen molar-refractivity contribution in [2.24, 2.45) is 5.92 Å². The van der Waals surface area contributed by atoms with Crippen LogP contribution in [0.25, 0.3) is 22.6 Å². The molecule has 1 aliphatic rings. The van der Waals surface area contributed by atoms with Crippen molar-refractivity contribution in [3.05, 3.63) is 65.5 Å². The van der Waals surface area contributed by atoms with Gasteiger partial charge in [0.1, 0.15) is 23.2 Å². The third-order valence-electron chi connectivity index (χ3n) is 6.70. The quantitative estimate of drug-likeness (QED) is 0.408. The molecule has 0 aliphatic heterocycles. The number of aromatic nitrogens is 4. The van der Waals surface area contributed by atoms with Crippen LogP contribution in [0.2, 0.25) is 0 Å². The normalized spacial score (nSPS) is 14.4. The van der Waals surface area contributed by atoms with Crippen LogP contribution in [0.15, 0.2) is 48.5 Å². The lowest BCUT2D eigenvalue weighted by Crippen LogP contribution is -2.31. The van der Waals surface area contributed by atoms with Crippen molar-refractivity contribution in [2.45, 2.75) is 45.7 Å². The predicted octanol–water partition coefficient (Wildman–Crippen LogP) is 5.33. The maximum Gasteiger partial charge on any atom is 0.236 e. The van der Waals surface area contributed by atoms with Crippen LogP contribution in [0.1, 0.15) is 43.1 Å². The van der Waals surface area contributed by atoms with Gasteiger partial charge in [0.05, 0.1) is 7.11 Å². The number of benzene rings is 2. The molecule has 172 valence electrons. The number of nitrogens with zero attached hydrogens (tertiary/aromatic N) is 5. The van der Waals surface area contributed by atoms with Gasteiger partial charge in [0, 0.05) is 18.2 Å². The Morgan fingerprint density at radius 1 is 1.15 bits per heavy atom. The lowest BCUT2D eigenvalue weighted by Gasteiger charge is -2.32. The van der Waals surface area contributed by atoms with E-state index in [2.05, 4.69) is 70.1 Å². The number of aryl methyl sites for hydroxylation is 1. The minimum absolute atomic E-state index is 0.126. The Kier molecular flexibility index (Phi) is 5.89. The molecule has 7 heteroatoms. The monoisotopic (exact) mass is 452 g/mol. The summed E-state index contributed by atoms with van der Waals surface area (Å²) in [6.45, 7) is 4.85. The summed E-state index contributed by atoms with van der Waals surface area (Å²) in [7, 11) is 1.67. The molecule has 4 aromatic rings. The van der Waals surface area contributed by atoms with E-state index in [1.807, 2.05) is 18.2 Å². The van der Waals surface area contributed by atoms with Crippen molar-refractivity contribution >= 4 is 17.0 Å². The minimum Gasteiger partial charge on any atom is -0.497 e. The van der Waals surface area contributed by atoms with Gasteiger partial charge in [-0.15, -0.1) is 0 Å². The maximum absolute atomic E-state index is 9.59. The van der Waals surface area contributed by atoms with Crippen molar-refractivity contribution in [2.75, 3.05) is 12.4 Å². The third kappa shape index (κ3) is 4.19. The van der Waals surface area contributed by atoms with Gasteiger partial charge in [0.25, 0.3) is 0 Å². The number of hydrogen-bond acceptors (Lipinski definition) is 6. The molecule has 1 saturated carbocycles. The number of imidazole rings is 1. The number of methoxy groups -OCH3 is 1. The molecule has 1 aliphatic carbocycles. The summed E-state index contributed by atoms with van der Waals surface area (Å²) >= 11 is 0. The van der Waals surface area contributed by atoms with Crippen molar-refractivity contribution in [3.63, 3.8) is 0 Å². The first-order valence-corrected chi connectivity index (χ1v) is 11.7. The number of ether oxygens (including phenoxy) is 1. The molecule has 0 amide bonds. The zero-order chi connectivity index (χ0) is 23.7. The van der Waals surface area contributed by atoms with Crippen LogP contribution in [-0.4, -0.2) is 32.7 Å². The first kappa shape index (κ1) is 21.9. The molecule has 7 nitrogen and oxygen atoms in total. The number of hydrogen-bond donors (Lipinski definition) is 1. The highest BCUT2D eigenvalue weighted by molar-refractivity contribution is 5.87. The molecule has 2 aromatic heterocycles. The highest BCUT2D eigenvalue weighted by Crippen LogP contribution is 2.34. The van der Waals surface area contributed by atoms with E-state index < -0.39 is 0 Å². The van der Waals surface area contributed by atoms with Crippen LogP contribution in [0.3, 0.4) is 0 Å². The Hall–Kier alpha value is -3.92. The molecule has 34 heavy (non-hydrogen) atoms. The summed E-state index contributed by atoms with van der Waals surface area (Å²) in [6.07, 6.45) is 3.70. The van der Waals surface area contributed by atoms with Gasteiger partial charge >= 0.3 is 0 Å². The average molecular weight is 453 g/mol. The van der Waals surface area contributed by atoms with Crippen LogP contribution >= 0.6 is 0 Å². The second-order valence-corrected chi connectivity index (χ2v) is 9.04. The van der Waals surface area contributed by atoms with E-state index in [9.17, 15) is 5.26 Å². The smallest absolute Gasteiger partial charge is 0.236 e. The first-order valence-electron chi connectivity index (χ1n) is 11.7. The molecule has 0 bridgehead atoms. The molecule has 0 unspecified atom stereocenters. The van der Waals surface area contributed by atoms with Gasteiger partial charge in [-0.25, -0.2) is 4.98 Å². The molecule has 0 saturated heterocycles. The number of anilines is 1. The highest BCUT2D eigenvalue weighted by Gasteiger charge is 2.26. The van der Waals surface area contributed by atoms with E-state index in [0.29, 0.717) is 23.9 Å². The molecule has 1 atom stereocenters. The maximum atomic E-state index is 9.59. The Balaban J connectivity index is 1.68. The van der Waals surface area contributed by atoms with Crippen LogP contribution in [-0.2, 0) is 6.54 Å². The van der Waals surface area contributed by atoms with E-state index in [0.717, 1.165) is 33.8 Å². The van der Waals surface area contributed by atoms with Gasteiger partial charge in [-0.3, -0.25) is 0 Å². The molecular formula is C27H28N6O. The summed E-state index contributed by atoms with van der Waals surface area (Å²) in [5.74, 6) is 3.03. The second-order valence-electron chi connectivity index (χ2n) is 9.04. The van der Waals surface area contributed by atoms with E-state index in [1.54, 1.807) is 7.11 Å². The summed E-state index contributed by atoms with van der Waals surface area (Å²) in [6, 6.07) is 18.7. The third-order valence-corrected chi connectivity index (χ3v) is 6.70. The van der Waals surface area contributed by atoms with Gasteiger partial charge in [-0.05, 0) is 56.4 Å². The number of nitriles is 1. The van der Waals surface area contributed by atoms with E-state index in [-0.39, 0.29) is 11.9 Å². The van der Waals surface area contributed by atoms with Crippen LogP contribution in [0.5, 0.6) is 5.75 Å². The summed E-state index contributed by atoms with van der Waals surface area (Å²) in [4.78, 5) is 14.0. The Morgan fingerprint density at radius 3 is 2.59 bits per heavy atom. The van der Waals surface area contributed by atoms with Crippen LogP contribution in [0, 0.1) is 24.2 Å². The summed E-state index contributed by atoms with van der Waals surface area (Å²) in [5.41, 5.74) is 4.61. The average Bonchev–Trinajstić information content (AvgIpc) is 3.16. The molecule has 2 aromatic carbocycles.